The number of nitrogens with zero attached hydrogens (tertiary/aromatic N) is 2. The van der Waals surface area contributed by atoms with Gasteiger partial charge in [-0.25, -0.2) is 4.68 Å². The van der Waals surface area contributed by atoms with Gasteiger partial charge in [0.05, 0.1) is 5.69 Å². The van der Waals surface area contributed by atoms with Crippen LogP contribution in [-0.2, 0) is 12.6 Å². The number of hydrogen-bond donors (Lipinski definition) is 1. The van der Waals surface area contributed by atoms with E-state index in [1.54, 1.807) is 48.5 Å². The smallest absolute Gasteiger partial charge is 0.321 e. The first-order valence-corrected chi connectivity index (χ1v) is 9.57. The van der Waals surface area contributed by atoms with Gasteiger partial charge >= 0.3 is 6.18 Å². The largest absolute Gasteiger partial charge is 0.435 e. The standard InChI is InChI=1S/C24H18F3N3O/c25-24(26,27)22-16-21(30(29-22)20-12-5-2-6-13-20)23(31)28-19-11-7-10-18(15-19)14-17-8-3-1-4-9-17/h1-13,15-16H,14H2,(H,28,31). The zero-order valence-electron chi connectivity index (χ0n) is 16.3. The normalized spacial score (nSPS) is 11.3. The van der Waals surface area contributed by atoms with Crippen molar-refractivity contribution in [1.29, 1.82) is 0 Å². The highest BCUT2D eigenvalue weighted by Crippen LogP contribution is 2.30. The molecule has 1 N–H and O–H groups in total. The minimum absolute atomic E-state index is 0.202. The first-order valence-electron chi connectivity index (χ1n) is 9.57. The van der Waals surface area contributed by atoms with Gasteiger partial charge in [-0.15, -0.1) is 0 Å². The summed E-state index contributed by atoms with van der Waals surface area (Å²) < 4.78 is 40.7. The fraction of sp³-hybridized carbons (Fsp3) is 0.0833. The topological polar surface area (TPSA) is 46.9 Å². The fourth-order valence-corrected chi connectivity index (χ4v) is 3.23. The van der Waals surface area contributed by atoms with E-state index >= 15 is 0 Å². The van der Waals surface area contributed by atoms with Crippen LogP contribution in [0.3, 0.4) is 0 Å². The summed E-state index contributed by atoms with van der Waals surface area (Å²) in [7, 11) is 0. The molecular weight excluding hydrogens is 403 g/mol. The van der Waals surface area contributed by atoms with Gasteiger partial charge in [-0.1, -0.05) is 60.7 Å². The molecule has 0 saturated heterocycles. The summed E-state index contributed by atoms with van der Waals surface area (Å²) in [5.74, 6) is -0.677. The maximum atomic E-state index is 13.2. The van der Waals surface area contributed by atoms with Crippen LogP contribution in [0.1, 0.15) is 27.3 Å². The number of rotatable bonds is 5. The lowest BCUT2D eigenvalue weighted by molar-refractivity contribution is -0.141. The highest BCUT2D eigenvalue weighted by atomic mass is 19.4. The molecule has 4 nitrogen and oxygen atoms in total. The molecule has 1 amide bonds. The molecular formula is C24H18F3N3O. The first kappa shape index (κ1) is 20.4. The predicted molar refractivity (Wildman–Crippen MR) is 112 cm³/mol. The minimum atomic E-state index is -4.66. The molecule has 1 heterocycles. The van der Waals surface area contributed by atoms with E-state index in [1.165, 1.54) is 0 Å². The lowest BCUT2D eigenvalue weighted by atomic mass is 10.0. The zero-order chi connectivity index (χ0) is 21.8. The van der Waals surface area contributed by atoms with E-state index in [4.69, 9.17) is 0 Å². The number of carbonyl (C=O) groups excluding carboxylic acids is 1. The van der Waals surface area contributed by atoms with Crippen molar-refractivity contribution in [2.24, 2.45) is 0 Å². The van der Waals surface area contributed by atoms with Crippen molar-refractivity contribution in [3.8, 4) is 5.69 Å². The first-order chi connectivity index (χ1) is 14.9. The third kappa shape index (κ3) is 4.83. The van der Waals surface area contributed by atoms with Crippen LogP contribution in [0.15, 0.2) is 91.0 Å². The van der Waals surface area contributed by atoms with E-state index in [-0.39, 0.29) is 5.69 Å². The summed E-state index contributed by atoms with van der Waals surface area (Å²) in [5.41, 5.74) is 1.61. The van der Waals surface area contributed by atoms with Crippen LogP contribution in [0.2, 0.25) is 0 Å². The zero-order valence-corrected chi connectivity index (χ0v) is 16.3. The molecule has 0 radical (unpaired) electrons. The molecule has 156 valence electrons. The predicted octanol–water partition coefficient (Wildman–Crippen LogP) is 5.73. The van der Waals surface area contributed by atoms with Crippen molar-refractivity contribution in [3.05, 3.63) is 114 Å². The van der Waals surface area contributed by atoms with E-state index in [9.17, 15) is 18.0 Å². The van der Waals surface area contributed by atoms with Crippen molar-refractivity contribution in [1.82, 2.24) is 9.78 Å². The molecule has 0 aliphatic rings. The average Bonchev–Trinajstić information content (AvgIpc) is 3.22. The van der Waals surface area contributed by atoms with Crippen molar-refractivity contribution in [2.75, 3.05) is 5.32 Å². The van der Waals surface area contributed by atoms with Gasteiger partial charge in [0.2, 0.25) is 0 Å². The number of aromatic nitrogens is 2. The van der Waals surface area contributed by atoms with Gasteiger partial charge in [0, 0.05) is 11.8 Å². The molecule has 0 aliphatic carbocycles. The van der Waals surface area contributed by atoms with Crippen LogP contribution in [0.5, 0.6) is 0 Å². The van der Waals surface area contributed by atoms with Crippen molar-refractivity contribution < 1.29 is 18.0 Å². The minimum Gasteiger partial charge on any atom is -0.321 e. The highest BCUT2D eigenvalue weighted by Gasteiger charge is 2.36. The van der Waals surface area contributed by atoms with Crippen LogP contribution < -0.4 is 5.32 Å². The Bertz CT molecular complexity index is 1190. The second-order valence-electron chi connectivity index (χ2n) is 6.98. The van der Waals surface area contributed by atoms with Crippen LogP contribution in [-0.4, -0.2) is 15.7 Å². The van der Waals surface area contributed by atoms with E-state index < -0.39 is 17.8 Å². The molecule has 0 unspecified atom stereocenters. The Morgan fingerprint density at radius 3 is 2.16 bits per heavy atom. The van der Waals surface area contributed by atoms with Gasteiger partial charge in [0.1, 0.15) is 5.69 Å². The number of amides is 1. The number of nitrogens with one attached hydrogen (secondary N) is 1. The number of alkyl halides is 3. The molecule has 4 aromatic rings. The van der Waals surface area contributed by atoms with Gasteiger partial charge in [-0.2, -0.15) is 18.3 Å². The fourth-order valence-electron chi connectivity index (χ4n) is 3.23. The summed E-state index contributed by atoms with van der Waals surface area (Å²) in [4.78, 5) is 12.9. The van der Waals surface area contributed by atoms with Crippen LogP contribution in [0.25, 0.3) is 5.69 Å². The molecule has 4 rings (SSSR count). The quantitative estimate of drug-likeness (QED) is 0.447. The van der Waals surface area contributed by atoms with E-state index in [2.05, 4.69) is 10.4 Å². The lowest BCUT2D eigenvalue weighted by Crippen LogP contribution is -2.17. The van der Waals surface area contributed by atoms with Crippen molar-refractivity contribution in [2.45, 2.75) is 12.6 Å². The highest BCUT2D eigenvalue weighted by molar-refractivity contribution is 6.03. The maximum absolute atomic E-state index is 13.2. The summed E-state index contributed by atoms with van der Waals surface area (Å²) in [5, 5.41) is 6.31. The summed E-state index contributed by atoms with van der Waals surface area (Å²) in [6, 6.07) is 26.1. The summed E-state index contributed by atoms with van der Waals surface area (Å²) >= 11 is 0. The van der Waals surface area contributed by atoms with Crippen LogP contribution in [0.4, 0.5) is 18.9 Å². The van der Waals surface area contributed by atoms with E-state index in [0.717, 1.165) is 21.9 Å². The number of halogens is 3. The number of carbonyl (C=O) groups is 1. The number of benzene rings is 3. The van der Waals surface area contributed by atoms with Gasteiger partial charge < -0.3 is 5.32 Å². The molecule has 31 heavy (non-hydrogen) atoms. The lowest BCUT2D eigenvalue weighted by Gasteiger charge is -2.10. The van der Waals surface area contributed by atoms with Crippen LogP contribution in [0, 0.1) is 0 Å². The number of anilines is 1. The Hall–Kier alpha value is -3.87. The summed E-state index contributed by atoms with van der Waals surface area (Å²) in [6.07, 6.45) is -3.99. The Morgan fingerprint density at radius 2 is 1.48 bits per heavy atom. The van der Waals surface area contributed by atoms with E-state index in [1.807, 2.05) is 36.4 Å². The van der Waals surface area contributed by atoms with Gasteiger partial charge in [-0.3, -0.25) is 4.79 Å². The molecule has 0 saturated carbocycles. The second kappa shape index (κ2) is 8.47. The number of hydrogen-bond acceptors (Lipinski definition) is 2. The third-order valence-electron chi connectivity index (χ3n) is 4.67. The SMILES string of the molecule is O=C(Nc1cccc(Cc2ccccc2)c1)c1cc(C(F)(F)F)nn1-c1ccccc1. The third-order valence-corrected chi connectivity index (χ3v) is 4.67. The molecule has 0 aliphatic heterocycles. The average molecular weight is 421 g/mol. The second-order valence-corrected chi connectivity index (χ2v) is 6.98. The Kier molecular flexibility index (Phi) is 5.58. The van der Waals surface area contributed by atoms with Crippen molar-refractivity contribution >= 4 is 11.6 Å². The van der Waals surface area contributed by atoms with Gasteiger partial charge in [-0.05, 0) is 41.8 Å². The van der Waals surface area contributed by atoms with E-state index in [0.29, 0.717) is 17.8 Å². The monoisotopic (exact) mass is 421 g/mol. The molecule has 0 fully saturated rings. The summed E-state index contributed by atoms with van der Waals surface area (Å²) in [6.45, 7) is 0. The van der Waals surface area contributed by atoms with Crippen molar-refractivity contribution in [3.63, 3.8) is 0 Å². The Balaban J connectivity index is 1.61. The van der Waals surface area contributed by atoms with Gasteiger partial charge in [0.15, 0.2) is 5.69 Å². The molecule has 7 heteroatoms. The Morgan fingerprint density at radius 1 is 0.839 bits per heavy atom. The van der Waals surface area contributed by atoms with Gasteiger partial charge in [0.25, 0.3) is 5.91 Å². The molecule has 0 atom stereocenters. The number of para-hydroxylation sites is 1. The Labute approximate surface area is 177 Å². The maximum Gasteiger partial charge on any atom is 0.435 e. The molecule has 3 aromatic carbocycles. The molecule has 0 bridgehead atoms. The van der Waals surface area contributed by atoms with Crippen LogP contribution >= 0.6 is 0 Å². The molecule has 0 spiro atoms. The molecule has 1 aromatic heterocycles.